The van der Waals surface area contributed by atoms with Crippen molar-refractivity contribution in [1.82, 2.24) is 5.32 Å². The van der Waals surface area contributed by atoms with Crippen molar-refractivity contribution in [3.05, 3.63) is 160 Å². The van der Waals surface area contributed by atoms with Gasteiger partial charge in [-0.3, -0.25) is 14.4 Å². The molecule has 7 nitrogen and oxygen atoms in total. The summed E-state index contributed by atoms with van der Waals surface area (Å²) in [6.45, 7) is 2.25. The zero-order chi connectivity index (χ0) is 33.0. The van der Waals surface area contributed by atoms with E-state index in [0.717, 1.165) is 14.9 Å². The van der Waals surface area contributed by atoms with Crippen LogP contribution in [0.2, 0.25) is 0 Å². The number of hydrogen-bond donors (Lipinski definition) is 3. The van der Waals surface area contributed by atoms with Gasteiger partial charge in [0, 0.05) is 20.6 Å². The molecule has 0 aliphatic heterocycles. The van der Waals surface area contributed by atoms with Crippen molar-refractivity contribution in [1.29, 1.82) is 0 Å². The predicted octanol–water partition coefficient (Wildman–Crippen LogP) is 8.56. The van der Waals surface area contributed by atoms with Crippen LogP contribution in [0.25, 0.3) is 6.08 Å². The Labute approximate surface area is 286 Å². The average molecular weight is 707 g/mol. The van der Waals surface area contributed by atoms with Crippen LogP contribution in [0.4, 0.5) is 11.4 Å². The molecule has 1 unspecified atom stereocenters. The van der Waals surface area contributed by atoms with Gasteiger partial charge in [-0.2, -0.15) is 0 Å². The lowest BCUT2D eigenvalue weighted by Crippen LogP contribution is -2.30. The third-order valence-electron chi connectivity index (χ3n) is 6.87. The molecule has 0 bridgehead atoms. The molecule has 0 aliphatic rings. The smallest absolute Gasteiger partial charge is 0.272 e. The number of benzene rings is 5. The fourth-order valence-corrected chi connectivity index (χ4v) is 5.72. The maximum absolute atomic E-state index is 13.6. The van der Waals surface area contributed by atoms with Crippen molar-refractivity contribution in [2.24, 2.45) is 0 Å². The molecule has 0 saturated carbocycles. The maximum atomic E-state index is 13.6. The summed E-state index contributed by atoms with van der Waals surface area (Å²) >= 11 is 4.82. The van der Waals surface area contributed by atoms with Gasteiger partial charge in [0.15, 0.2) is 0 Å². The Morgan fingerprint density at radius 2 is 1.47 bits per heavy atom. The SMILES string of the molecule is CC(Sc1cccc(NC(=O)/C(=C/c2ccc(OCc3ccccc3)cc2)NC(=O)c2ccccc2)c1)C(=O)Nc1ccccc1Br. The van der Waals surface area contributed by atoms with E-state index in [1.54, 1.807) is 48.5 Å². The molecule has 0 saturated heterocycles. The van der Waals surface area contributed by atoms with Crippen molar-refractivity contribution >= 4 is 62.9 Å². The number of halogens is 1. The van der Waals surface area contributed by atoms with Gasteiger partial charge < -0.3 is 20.7 Å². The molecule has 5 aromatic rings. The Bertz CT molecular complexity index is 1870. The molecule has 5 aromatic carbocycles. The van der Waals surface area contributed by atoms with Crippen LogP contribution in [0.15, 0.2) is 149 Å². The van der Waals surface area contributed by atoms with Crippen molar-refractivity contribution in [2.45, 2.75) is 23.7 Å². The summed E-state index contributed by atoms with van der Waals surface area (Å²) < 4.78 is 6.69. The van der Waals surface area contributed by atoms with Crippen LogP contribution in [-0.2, 0) is 16.2 Å². The van der Waals surface area contributed by atoms with Crippen LogP contribution in [0.3, 0.4) is 0 Å². The van der Waals surface area contributed by atoms with E-state index in [2.05, 4.69) is 31.9 Å². The molecule has 0 aromatic heterocycles. The normalized spacial score (nSPS) is 11.7. The van der Waals surface area contributed by atoms with Gasteiger partial charge in [-0.1, -0.05) is 78.9 Å². The van der Waals surface area contributed by atoms with Crippen LogP contribution in [0, 0.1) is 0 Å². The Morgan fingerprint density at radius 3 is 2.19 bits per heavy atom. The van der Waals surface area contributed by atoms with Gasteiger partial charge in [-0.05, 0) is 94.7 Å². The minimum atomic E-state index is -0.499. The maximum Gasteiger partial charge on any atom is 0.272 e. The Hall–Kier alpha value is -5.12. The molecule has 3 N–H and O–H groups in total. The Kier molecular flexibility index (Phi) is 11.6. The number of nitrogens with one attached hydrogen (secondary N) is 3. The highest BCUT2D eigenvalue weighted by molar-refractivity contribution is 9.10. The second-order valence-corrected chi connectivity index (χ2v) is 12.7. The number of carbonyl (C=O) groups is 3. The second-order valence-electron chi connectivity index (χ2n) is 10.4. The van der Waals surface area contributed by atoms with E-state index < -0.39 is 17.1 Å². The van der Waals surface area contributed by atoms with Crippen LogP contribution >= 0.6 is 27.7 Å². The van der Waals surface area contributed by atoms with E-state index in [1.807, 2.05) is 97.9 Å². The van der Waals surface area contributed by atoms with E-state index in [9.17, 15) is 14.4 Å². The third-order valence-corrected chi connectivity index (χ3v) is 8.66. The van der Waals surface area contributed by atoms with Crippen LogP contribution < -0.4 is 20.7 Å². The van der Waals surface area contributed by atoms with Crippen molar-refractivity contribution in [3.63, 3.8) is 0 Å². The minimum Gasteiger partial charge on any atom is -0.489 e. The van der Waals surface area contributed by atoms with E-state index in [4.69, 9.17) is 4.74 Å². The Morgan fingerprint density at radius 1 is 0.787 bits per heavy atom. The first-order chi connectivity index (χ1) is 22.8. The first-order valence-electron chi connectivity index (χ1n) is 14.8. The molecule has 1 atom stereocenters. The van der Waals surface area contributed by atoms with Crippen molar-refractivity contribution < 1.29 is 19.1 Å². The van der Waals surface area contributed by atoms with Gasteiger partial charge in [0.2, 0.25) is 5.91 Å². The summed E-state index contributed by atoms with van der Waals surface area (Å²) in [4.78, 5) is 40.3. The fraction of sp³-hybridized carbons (Fsp3) is 0.0789. The van der Waals surface area contributed by atoms with Gasteiger partial charge in [-0.25, -0.2) is 0 Å². The number of amides is 3. The summed E-state index contributed by atoms with van der Waals surface area (Å²) in [6.07, 6.45) is 1.61. The molecule has 0 aliphatic carbocycles. The fourth-order valence-electron chi connectivity index (χ4n) is 4.41. The highest BCUT2D eigenvalue weighted by atomic mass is 79.9. The van der Waals surface area contributed by atoms with Gasteiger partial charge in [0.1, 0.15) is 18.1 Å². The molecule has 0 spiro atoms. The quantitative estimate of drug-likeness (QED) is 0.0893. The second kappa shape index (κ2) is 16.4. The van der Waals surface area contributed by atoms with Gasteiger partial charge in [0.25, 0.3) is 11.8 Å². The zero-order valence-electron chi connectivity index (χ0n) is 25.5. The number of rotatable bonds is 12. The molecular formula is C38H32BrN3O4S. The summed E-state index contributed by atoms with van der Waals surface area (Å²) in [6, 6.07) is 40.5. The number of ether oxygens (including phenoxy) is 1. The highest BCUT2D eigenvalue weighted by Crippen LogP contribution is 2.28. The number of hydrogen-bond acceptors (Lipinski definition) is 5. The highest BCUT2D eigenvalue weighted by Gasteiger charge is 2.18. The minimum absolute atomic E-state index is 0.0658. The van der Waals surface area contributed by atoms with Crippen molar-refractivity contribution in [3.8, 4) is 5.75 Å². The summed E-state index contributed by atoms with van der Waals surface area (Å²) in [7, 11) is 0. The standard InChI is InChI=1S/C38H32BrN3O4S/c1-26(36(43)41-34-18-9-8-17-33(34)39)47-32-16-10-15-30(24-32)40-38(45)35(42-37(44)29-13-6-3-7-14-29)23-27-19-21-31(22-20-27)46-25-28-11-4-2-5-12-28/h2-24,26H,25H2,1H3,(H,40,45)(H,41,43)(H,42,44)/b35-23-. The molecule has 236 valence electrons. The average Bonchev–Trinajstić information content (AvgIpc) is 3.09. The molecule has 0 heterocycles. The first kappa shape index (κ1) is 33.2. The number of carbonyl (C=O) groups excluding carboxylic acids is 3. The van der Waals surface area contributed by atoms with Gasteiger partial charge >= 0.3 is 0 Å². The monoisotopic (exact) mass is 705 g/mol. The molecule has 3 amide bonds. The number of anilines is 2. The third kappa shape index (κ3) is 9.93. The summed E-state index contributed by atoms with van der Waals surface area (Å²) in [5, 5.41) is 8.19. The predicted molar refractivity (Wildman–Crippen MR) is 192 cm³/mol. The molecular weight excluding hydrogens is 674 g/mol. The largest absolute Gasteiger partial charge is 0.489 e. The number of thioether (sulfide) groups is 1. The zero-order valence-corrected chi connectivity index (χ0v) is 27.9. The lowest BCUT2D eigenvalue weighted by Gasteiger charge is -2.14. The molecule has 47 heavy (non-hydrogen) atoms. The van der Waals surface area contributed by atoms with Crippen LogP contribution in [-0.4, -0.2) is 23.0 Å². The van der Waals surface area contributed by atoms with Crippen molar-refractivity contribution in [2.75, 3.05) is 10.6 Å². The topological polar surface area (TPSA) is 96.5 Å². The molecule has 5 rings (SSSR count). The molecule has 9 heteroatoms. The lowest BCUT2D eigenvalue weighted by molar-refractivity contribution is -0.115. The van der Waals surface area contributed by atoms with E-state index in [1.165, 1.54) is 11.8 Å². The molecule has 0 radical (unpaired) electrons. The first-order valence-corrected chi connectivity index (χ1v) is 16.5. The lowest BCUT2D eigenvalue weighted by atomic mass is 10.1. The number of para-hydroxylation sites is 1. The van der Waals surface area contributed by atoms with Gasteiger partial charge in [0.05, 0.1) is 10.9 Å². The van der Waals surface area contributed by atoms with E-state index in [-0.39, 0.29) is 11.6 Å². The van der Waals surface area contributed by atoms with Gasteiger partial charge in [-0.15, -0.1) is 11.8 Å². The van der Waals surface area contributed by atoms with Crippen LogP contribution in [0.1, 0.15) is 28.4 Å². The van der Waals surface area contributed by atoms with E-state index in [0.29, 0.717) is 34.9 Å². The Balaban J connectivity index is 1.29. The van der Waals surface area contributed by atoms with E-state index >= 15 is 0 Å². The summed E-state index contributed by atoms with van der Waals surface area (Å²) in [5.74, 6) is -0.384. The molecule has 0 fully saturated rings. The van der Waals surface area contributed by atoms with Crippen LogP contribution in [0.5, 0.6) is 5.75 Å². The summed E-state index contributed by atoms with van der Waals surface area (Å²) in [5.41, 5.74) is 3.45.